The van der Waals surface area contributed by atoms with E-state index in [4.69, 9.17) is 9.97 Å². The van der Waals surface area contributed by atoms with E-state index in [0.29, 0.717) is 0 Å². The Balaban J connectivity index is 0.000000142. The summed E-state index contributed by atoms with van der Waals surface area (Å²) in [7, 11) is 0. The fraction of sp³-hybridized carbons (Fsp3) is 0. The Morgan fingerprint density at radius 3 is 1.04 bits per heavy atom. The summed E-state index contributed by atoms with van der Waals surface area (Å²) in [6, 6.07) is 107. The van der Waals surface area contributed by atoms with Crippen molar-refractivity contribution < 1.29 is 0 Å². The highest BCUT2D eigenvalue weighted by Crippen LogP contribution is 2.40. The van der Waals surface area contributed by atoms with E-state index in [9.17, 15) is 0 Å². The number of nitrogens with zero attached hydrogens (tertiary/aromatic N) is 4. The molecule has 0 bridgehead atoms. The maximum Gasteiger partial charge on any atom is 0.0722 e. The van der Waals surface area contributed by atoms with Gasteiger partial charge in [-0.25, -0.2) is 9.97 Å². The van der Waals surface area contributed by atoms with Crippen molar-refractivity contribution in [3.63, 3.8) is 0 Å². The summed E-state index contributed by atoms with van der Waals surface area (Å²) in [4.78, 5) is 12.6. The largest absolute Gasteiger partial charge is 0.311 e. The number of benzene rings is 12. The average Bonchev–Trinajstić information content (AvgIpc) is 4.04. The fourth-order valence-corrected chi connectivity index (χ4v) is 11.2. The number of hydrogen-bond acceptors (Lipinski definition) is 3. The summed E-state index contributed by atoms with van der Waals surface area (Å²) in [6.07, 6.45) is 0. The first-order chi connectivity index (χ1) is 38.7. The molecule has 0 aliphatic carbocycles. The minimum absolute atomic E-state index is 0.967. The van der Waals surface area contributed by atoms with Gasteiger partial charge in [0.2, 0.25) is 0 Å². The second kappa shape index (κ2) is 20.0. The van der Waals surface area contributed by atoms with Gasteiger partial charge in [-0.3, -0.25) is 0 Å². The molecule has 3 aromatic heterocycles. The van der Waals surface area contributed by atoms with Crippen LogP contribution in [0.15, 0.2) is 303 Å². The first kappa shape index (κ1) is 46.1. The van der Waals surface area contributed by atoms with Gasteiger partial charge in [-0.05, 0) is 141 Å². The van der Waals surface area contributed by atoms with E-state index in [1.807, 2.05) is 0 Å². The molecule has 0 amide bonds. The van der Waals surface area contributed by atoms with Crippen molar-refractivity contribution in [3.05, 3.63) is 303 Å². The van der Waals surface area contributed by atoms with E-state index in [2.05, 4.69) is 313 Å². The molecule has 4 heteroatoms. The highest BCUT2D eigenvalue weighted by Gasteiger charge is 2.17. The number of rotatable bonds is 8. The zero-order chi connectivity index (χ0) is 51.8. The summed E-state index contributed by atoms with van der Waals surface area (Å²) < 4.78 is 2.35. The molecular weight excluding hydrogens is 945 g/mol. The molecule has 0 fully saturated rings. The molecule has 0 spiro atoms. The lowest BCUT2D eigenvalue weighted by molar-refractivity contribution is 1.18. The highest BCUT2D eigenvalue weighted by molar-refractivity contribution is 6.10. The van der Waals surface area contributed by atoms with Gasteiger partial charge in [-0.2, -0.15) is 0 Å². The van der Waals surface area contributed by atoms with Crippen molar-refractivity contribution in [1.82, 2.24) is 14.5 Å². The maximum absolute atomic E-state index is 5.17. The predicted molar refractivity (Wildman–Crippen MR) is 329 cm³/mol. The Morgan fingerprint density at radius 1 is 0.256 bits per heavy atom. The number of fused-ring (bicyclic) bond motifs is 7. The fourth-order valence-electron chi connectivity index (χ4n) is 11.2. The molecule has 15 rings (SSSR count). The molecule has 0 saturated carbocycles. The molecule has 0 aliphatic rings. The second-order valence-electron chi connectivity index (χ2n) is 19.7. The van der Waals surface area contributed by atoms with E-state index in [1.165, 1.54) is 76.4 Å². The summed E-state index contributed by atoms with van der Waals surface area (Å²) in [5.41, 5.74) is 17.9. The molecule has 15 aromatic rings. The van der Waals surface area contributed by atoms with Crippen LogP contribution in [0.25, 0.3) is 116 Å². The van der Waals surface area contributed by atoms with Crippen LogP contribution in [0.1, 0.15) is 0 Å². The van der Waals surface area contributed by atoms with Gasteiger partial charge in [-0.15, -0.1) is 0 Å². The van der Waals surface area contributed by atoms with Crippen LogP contribution in [0.4, 0.5) is 17.1 Å². The Kier molecular flexibility index (Phi) is 11.8. The molecule has 0 saturated heterocycles. The molecule has 0 unspecified atom stereocenters. The number of hydrogen-bond donors (Lipinski definition) is 0. The third kappa shape index (κ3) is 8.67. The molecule has 366 valence electrons. The molecule has 3 heterocycles. The first-order valence-corrected chi connectivity index (χ1v) is 26.5. The first-order valence-electron chi connectivity index (χ1n) is 26.5. The highest BCUT2D eigenvalue weighted by atomic mass is 15.1. The van der Waals surface area contributed by atoms with Gasteiger partial charge in [0.15, 0.2) is 0 Å². The maximum atomic E-state index is 5.17. The molecule has 0 radical (unpaired) electrons. The summed E-state index contributed by atoms with van der Waals surface area (Å²) in [5.74, 6) is 0. The molecule has 12 aromatic carbocycles. The van der Waals surface area contributed by atoms with Crippen LogP contribution in [0, 0.1) is 0 Å². The monoisotopic (exact) mass is 994 g/mol. The molecule has 78 heavy (non-hydrogen) atoms. The Morgan fingerprint density at radius 2 is 0.603 bits per heavy atom. The Labute approximate surface area is 453 Å². The topological polar surface area (TPSA) is 34.0 Å². The van der Waals surface area contributed by atoms with Crippen molar-refractivity contribution in [2.24, 2.45) is 0 Å². The van der Waals surface area contributed by atoms with E-state index < -0.39 is 0 Å². The normalized spacial score (nSPS) is 11.3. The van der Waals surface area contributed by atoms with Crippen LogP contribution in [-0.2, 0) is 0 Å². The van der Waals surface area contributed by atoms with Gasteiger partial charge < -0.3 is 9.47 Å². The van der Waals surface area contributed by atoms with Gasteiger partial charge in [0.05, 0.1) is 33.5 Å². The summed E-state index contributed by atoms with van der Waals surface area (Å²) in [6.45, 7) is 0. The van der Waals surface area contributed by atoms with Crippen LogP contribution in [0.3, 0.4) is 0 Å². The van der Waals surface area contributed by atoms with Gasteiger partial charge in [0, 0.05) is 55.4 Å². The molecular formula is C74H50N4. The molecule has 4 nitrogen and oxygen atoms in total. The quantitative estimate of drug-likeness (QED) is 0.142. The molecule has 0 aliphatic heterocycles. The van der Waals surface area contributed by atoms with E-state index in [1.54, 1.807) is 0 Å². The summed E-state index contributed by atoms with van der Waals surface area (Å²) >= 11 is 0. The van der Waals surface area contributed by atoms with Gasteiger partial charge in [-0.1, -0.05) is 206 Å². The minimum atomic E-state index is 0.967. The van der Waals surface area contributed by atoms with Crippen LogP contribution >= 0.6 is 0 Å². The average molecular weight is 995 g/mol. The third-order valence-corrected chi connectivity index (χ3v) is 15.0. The number of anilines is 3. The van der Waals surface area contributed by atoms with Crippen LogP contribution < -0.4 is 4.90 Å². The standard InChI is InChI=1S/C37H24N2.C37H26N2/c1-2-10-25(11-3-1)32-24-34(38-35-23-28-13-5-4-12-27(28)22-33(32)35)26-18-20-29(21-19-26)39-36-16-8-6-14-30(36)31-15-7-9-17-37(31)39;1-4-12-27(13-5-1)34-26-36(38-37-25-30-15-11-10-14-29(30)24-35(34)37)28-20-22-33(23-21-28)39(31-16-6-2-7-17-31)32-18-8-3-9-19-32/h1-24H;1-26H. The van der Waals surface area contributed by atoms with E-state index in [0.717, 1.165) is 56.3 Å². The number of para-hydroxylation sites is 4. The third-order valence-electron chi connectivity index (χ3n) is 15.0. The SMILES string of the molecule is c1ccc(-c2cc(-c3ccc(-n4c5ccccc5c5ccccc54)cc3)nc3cc4ccccc4cc23)cc1.c1ccc(-c2cc(-c3ccc(N(c4ccccc4)c4ccccc4)cc3)nc3cc4ccccc4cc23)cc1. The summed E-state index contributed by atoms with van der Waals surface area (Å²) in [5, 5.41) is 9.74. The lowest BCUT2D eigenvalue weighted by Crippen LogP contribution is -2.09. The molecule has 0 N–H and O–H groups in total. The van der Waals surface area contributed by atoms with Gasteiger partial charge in [0.25, 0.3) is 0 Å². The van der Waals surface area contributed by atoms with Gasteiger partial charge in [0.1, 0.15) is 0 Å². The number of aromatic nitrogens is 3. The van der Waals surface area contributed by atoms with Crippen molar-refractivity contribution in [2.45, 2.75) is 0 Å². The zero-order valence-electron chi connectivity index (χ0n) is 42.7. The van der Waals surface area contributed by atoms with Crippen LogP contribution in [0.5, 0.6) is 0 Å². The van der Waals surface area contributed by atoms with Gasteiger partial charge >= 0.3 is 0 Å². The molecule has 0 atom stereocenters. The Bertz CT molecular complexity index is 4540. The van der Waals surface area contributed by atoms with E-state index in [-0.39, 0.29) is 0 Å². The van der Waals surface area contributed by atoms with E-state index >= 15 is 0 Å². The van der Waals surface area contributed by atoms with Crippen molar-refractivity contribution in [2.75, 3.05) is 4.90 Å². The Hall–Kier alpha value is -10.4. The second-order valence-corrected chi connectivity index (χ2v) is 19.7. The zero-order valence-corrected chi connectivity index (χ0v) is 42.7. The van der Waals surface area contributed by atoms with Crippen LogP contribution in [-0.4, -0.2) is 14.5 Å². The predicted octanol–water partition coefficient (Wildman–Crippen LogP) is 20.0. The minimum Gasteiger partial charge on any atom is -0.311 e. The lowest BCUT2D eigenvalue weighted by Gasteiger charge is -2.25. The van der Waals surface area contributed by atoms with Crippen molar-refractivity contribution in [1.29, 1.82) is 0 Å². The lowest BCUT2D eigenvalue weighted by atomic mass is 9.96. The smallest absolute Gasteiger partial charge is 0.0722 e. The van der Waals surface area contributed by atoms with Crippen molar-refractivity contribution in [3.8, 4) is 50.5 Å². The van der Waals surface area contributed by atoms with Crippen LogP contribution in [0.2, 0.25) is 0 Å². The van der Waals surface area contributed by atoms with Crippen molar-refractivity contribution >= 4 is 82.2 Å². The number of pyridine rings is 2.